The van der Waals surface area contributed by atoms with Crippen LogP contribution in [0.2, 0.25) is 0 Å². The predicted octanol–water partition coefficient (Wildman–Crippen LogP) is 5.23. The molecule has 142 valence electrons. The van der Waals surface area contributed by atoms with E-state index in [0.717, 1.165) is 42.9 Å². The van der Waals surface area contributed by atoms with Gasteiger partial charge in [0, 0.05) is 5.92 Å². The minimum absolute atomic E-state index is 0.255. The average Bonchev–Trinajstić information content (AvgIpc) is 2.86. The number of carbonyl (C=O) groups is 1. The summed E-state index contributed by atoms with van der Waals surface area (Å²) in [6, 6.07) is 0. The van der Waals surface area contributed by atoms with E-state index in [4.69, 9.17) is 0 Å². The molecular weight excluding hydrogens is 308 g/mol. The van der Waals surface area contributed by atoms with Crippen molar-refractivity contribution < 1.29 is 9.90 Å². The molecule has 0 spiro atoms. The number of aliphatic hydroxyl groups is 1. The van der Waals surface area contributed by atoms with Gasteiger partial charge in [-0.2, -0.15) is 0 Å². The number of ketones is 1. The van der Waals surface area contributed by atoms with Crippen LogP contribution >= 0.6 is 0 Å². The van der Waals surface area contributed by atoms with Crippen LogP contribution in [-0.2, 0) is 4.79 Å². The van der Waals surface area contributed by atoms with Crippen LogP contribution in [-0.4, -0.2) is 16.5 Å². The molecular formula is C23H38O2. The van der Waals surface area contributed by atoms with Crippen molar-refractivity contribution in [1.82, 2.24) is 0 Å². The Balaban J connectivity index is 1.66. The quantitative estimate of drug-likeness (QED) is 0.706. The van der Waals surface area contributed by atoms with Crippen LogP contribution in [0.15, 0.2) is 0 Å². The van der Waals surface area contributed by atoms with Gasteiger partial charge in [0.2, 0.25) is 0 Å². The van der Waals surface area contributed by atoms with Gasteiger partial charge in [-0.3, -0.25) is 4.79 Å². The molecule has 0 aromatic carbocycles. The first-order chi connectivity index (χ1) is 11.6. The molecule has 0 heterocycles. The van der Waals surface area contributed by atoms with Crippen molar-refractivity contribution in [2.45, 2.75) is 91.6 Å². The first-order valence-electron chi connectivity index (χ1n) is 10.8. The second kappa shape index (κ2) is 5.57. The molecule has 0 aromatic rings. The molecule has 4 rings (SSSR count). The van der Waals surface area contributed by atoms with Gasteiger partial charge in [-0.05, 0) is 106 Å². The average molecular weight is 347 g/mol. The molecule has 0 radical (unpaired) electrons. The van der Waals surface area contributed by atoms with E-state index in [1.54, 1.807) is 0 Å². The van der Waals surface area contributed by atoms with Crippen molar-refractivity contribution in [1.29, 1.82) is 0 Å². The third kappa shape index (κ3) is 2.49. The van der Waals surface area contributed by atoms with Gasteiger partial charge < -0.3 is 5.11 Å². The van der Waals surface area contributed by atoms with Crippen LogP contribution < -0.4 is 0 Å². The summed E-state index contributed by atoms with van der Waals surface area (Å²) in [6.45, 7) is 11.4. The van der Waals surface area contributed by atoms with Crippen molar-refractivity contribution >= 4 is 5.78 Å². The number of Topliss-reactive ketones (excluding diaryl/α,β-unsaturated/α-hetero) is 1. The predicted molar refractivity (Wildman–Crippen MR) is 101 cm³/mol. The fourth-order valence-corrected chi connectivity index (χ4v) is 8.48. The lowest BCUT2D eigenvalue weighted by atomic mass is 9.42. The SMILES string of the molecule is CC(=O)[C@H]1CC[C@H]2[C@@H]3[C@@H](C)C[C@H]4C[C@](C)(O)CC[C@]4(C)[C@H]3CC[C@]12C. The van der Waals surface area contributed by atoms with E-state index in [1.807, 2.05) is 6.92 Å². The number of hydrogen-bond acceptors (Lipinski definition) is 2. The lowest BCUT2D eigenvalue weighted by Gasteiger charge is -2.63. The normalized spacial score (nSPS) is 58.2. The summed E-state index contributed by atoms with van der Waals surface area (Å²) in [5.74, 6) is 4.52. The van der Waals surface area contributed by atoms with E-state index >= 15 is 0 Å². The lowest BCUT2D eigenvalue weighted by Crippen LogP contribution is -2.57. The summed E-state index contributed by atoms with van der Waals surface area (Å²) in [7, 11) is 0. The number of fused-ring (bicyclic) bond motifs is 5. The summed E-state index contributed by atoms with van der Waals surface area (Å²) < 4.78 is 0. The largest absolute Gasteiger partial charge is 0.390 e. The zero-order valence-corrected chi connectivity index (χ0v) is 17.0. The first-order valence-corrected chi connectivity index (χ1v) is 10.8. The zero-order valence-electron chi connectivity index (χ0n) is 17.0. The maximum absolute atomic E-state index is 12.3. The standard InChI is InChI=1S/C23H38O2/c1-14-12-16-13-21(3,25)10-11-22(16,4)19-8-9-23(5)17(15(2)24)6-7-18(23)20(14)19/h14,16-20,25H,6-13H2,1-5H3/t14-,16-,17+,18-,19-,20-,21+,22-,23+/m0/s1. The van der Waals surface area contributed by atoms with Crippen LogP contribution in [0.25, 0.3) is 0 Å². The third-order valence-electron chi connectivity index (χ3n) is 9.80. The van der Waals surface area contributed by atoms with E-state index in [9.17, 15) is 9.90 Å². The van der Waals surface area contributed by atoms with E-state index in [2.05, 4.69) is 27.7 Å². The second-order valence-electron chi connectivity index (χ2n) is 11.2. The first kappa shape index (κ1) is 18.0. The highest BCUT2D eigenvalue weighted by molar-refractivity contribution is 5.79. The van der Waals surface area contributed by atoms with Crippen LogP contribution in [0.1, 0.15) is 86.0 Å². The molecule has 2 heteroatoms. The topological polar surface area (TPSA) is 37.3 Å². The molecule has 4 fully saturated rings. The van der Waals surface area contributed by atoms with Gasteiger partial charge in [-0.15, -0.1) is 0 Å². The molecule has 0 bridgehead atoms. The fraction of sp³-hybridized carbons (Fsp3) is 0.957. The summed E-state index contributed by atoms with van der Waals surface area (Å²) in [5, 5.41) is 10.7. The molecule has 0 amide bonds. The number of carbonyl (C=O) groups excluding carboxylic acids is 1. The van der Waals surface area contributed by atoms with Gasteiger partial charge in [0.1, 0.15) is 5.78 Å². The van der Waals surface area contributed by atoms with Crippen LogP contribution in [0.3, 0.4) is 0 Å². The molecule has 9 atom stereocenters. The maximum Gasteiger partial charge on any atom is 0.133 e. The fourth-order valence-electron chi connectivity index (χ4n) is 8.48. The summed E-state index contributed by atoms with van der Waals surface area (Å²) >= 11 is 0. The third-order valence-corrected chi connectivity index (χ3v) is 9.80. The van der Waals surface area contributed by atoms with E-state index < -0.39 is 5.60 Å². The zero-order chi connectivity index (χ0) is 18.2. The smallest absolute Gasteiger partial charge is 0.133 e. The summed E-state index contributed by atoms with van der Waals surface area (Å²) in [5.41, 5.74) is 0.215. The Hall–Kier alpha value is -0.370. The highest BCUT2D eigenvalue weighted by Crippen LogP contribution is 2.69. The summed E-state index contributed by atoms with van der Waals surface area (Å²) in [4.78, 5) is 12.3. The van der Waals surface area contributed by atoms with Crippen molar-refractivity contribution in [2.24, 2.45) is 46.3 Å². The molecule has 0 aromatic heterocycles. The summed E-state index contributed by atoms with van der Waals surface area (Å²) in [6.07, 6.45) is 9.38. The molecule has 0 aliphatic heterocycles. The molecule has 4 aliphatic rings. The van der Waals surface area contributed by atoms with Crippen molar-refractivity contribution in [2.75, 3.05) is 0 Å². The molecule has 4 aliphatic carbocycles. The highest BCUT2D eigenvalue weighted by Gasteiger charge is 2.62. The Morgan fingerprint density at radius 1 is 0.960 bits per heavy atom. The Morgan fingerprint density at radius 3 is 2.32 bits per heavy atom. The Morgan fingerprint density at radius 2 is 1.64 bits per heavy atom. The van der Waals surface area contributed by atoms with Crippen molar-refractivity contribution in [3.05, 3.63) is 0 Å². The van der Waals surface area contributed by atoms with Crippen LogP contribution in [0.5, 0.6) is 0 Å². The highest BCUT2D eigenvalue weighted by atomic mass is 16.3. The molecule has 25 heavy (non-hydrogen) atoms. The van der Waals surface area contributed by atoms with Gasteiger partial charge in [-0.1, -0.05) is 20.8 Å². The van der Waals surface area contributed by atoms with Crippen molar-refractivity contribution in [3.63, 3.8) is 0 Å². The molecule has 0 saturated heterocycles. The van der Waals surface area contributed by atoms with Gasteiger partial charge in [0.25, 0.3) is 0 Å². The van der Waals surface area contributed by atoms with Gasteiger partial charge in [0.15, 0.2) is 0 Å². The van der Waals surface area contributed by atoms with Gasteiger partial charge in [0.05, 0.1) is 5.60 Å². The van der Waals surface area contributed by atoms with E-state index in [1.165, 1.54) is 32.1 Å². The van der Waals surface area contributed by atoms with E-state index in [-0.39, 0.29) is 5.41 Å². The Labute approximate surface area is 154 Å². The number of hydrogen-bond donors (Lipinski definition) is 1. The molecule has 4 saturated carbocycles. The second-order valence-corrected chi connectivity index (χ2v) is 11.2. The molecule has 0 unspecified atom stereocenters. The molecule has 1 N–H and O–H groups in total. The van der Waals surface area contributed by atoms with Gasteiger partial charge >= 0.3 is 0 Å². The van der Waals surface area contributed by atoms with Crippen LogP contribution in [0.4, 0.5) is 0 Å². The van der Waals surface area contributed by atoms with E-state index in [0.29, 0.717) is 23.0 Å². The monoisotopic (exact) mass is 346 g/mol. The number of rotatable bonds is 1. The Kier molecular flexibility index (Phi) is 4.01. The molecule has 2 nitrogen and oxygen atoms in total. The Bertz CT molecular complexity index is 566. The minimum Gasteiger partial charge on any atom is -0.390 e. The van der Waals surface area contributed by atoms with Crippen LogP contribution in [0, 0.1) is 46.3 Å². The minimum atomic E-state index is -0.451. The van der Waals surface area contributed by atoms with Gasteiger partial charge in [-0.25, -0.2) is 0 Å². The maximum atomic E-state index is 12.3. The van der Waals surface area contributed by atoms with Crippen molar-refractivity contribution in [3.8, 4) is 0 Å². The lowest BCUT2D eigenvalue weighted by molar-refractivity contribution is -0.165.